The fourth-order valence-corrected chi connectivity index (χ4v) is 4.32. The molecule has 0 heterocycles. The Balaban J connectivity index is 1.93. The van der Waals surface area contributed by atoms with E-state index in [0.717, 1.165) is 23.1 Å². The van der Waals surface area contributed by atoms with Crippen molar-refractivity contribution in [2.75, 3.05) is 0 Å². The summed E-state index contributed by atoms with van der Waals surface area (Å²) < 4.78 is 0. The highest BCUT2D eigenvalue weighted by Gasteiger charge is 2.31. The number of rotatable bonds is 11. The highest BCUT2D eigenvalue weighted by Crippen LogP contribution is 2.23. The van der Waals surface area contributed by atoms with Crippen LogP contribution < -0.4 is 5.32 Å². The fraction of sp³-hybridized carbons (Fsp3) is 0.310. The van der Waals surface area contributed by atoms with Gasteiger partial charge in [0.25, 0.3) is 0 Å². The summed E-state index contributed by atoms with van der Waals surface area (Å²) >= 11 is 12.8. The van der Waals surface area contributed by atoms with Crippen molar-refractivity contribution < 1.29 is 9.59 Å². The Bertz CT molecular complexity index is 1120. The predicted molar refractivity (Wildman–Crippen MR) is 144 cm³/mol. The lowest BCUT2D eigenvalue weighted by atomic mass is 10.0. The smallest absolute Gasteiger partial charge is 0.243 e. The molecule has 3 rings (SSSR count). The number of carbonyl (C=O) groups is 2. The zero-order chi connectivity index (χ0) is 25.2. The van der Waals surface area contributed by atoms with Crippen LogP contribution in [0.5, 0.6) is 0 Å². The molecule has 4 nitrogen and oxygen atoms in total. The Morgan fingerprint density at radius 1 is 0.857 bits per heavy atom. The minimum absolute atomic E-state index is 0.00108. The summed E-state index contributed by atoms with van der Waals surface area (Å²) in [5, 5.41) is 4.28. The highest BCUT2D eigenvalue weighted by atomic mass is 35.5. The van der Waals surface area contributed by atoms with Gasteiger partial charge >= 0.3 is 0 Å². The SMILES string of the molecule is CCC(C)NC(=O)C(Cc1ccccc1)N(Cc1ccccc1Cl)C(=O)CCc1ccccc1Cl. The molecule has 3 aromatic carbocycles. The van der Waals surface area contributed by atoms with E-state index in [0.29, 0.717) is 22.9 Å². The lowest BCUT2D eigenvalue weighted by Crippen LogP contribution is -2.52. The second-order valence-corrected chi connectivity index (χ2v) is 9.54. The molecule has 0 fully saturated rings. The first-order valence-corrected chi connectivity index (χ1v) is 12.7. The first-order chi connectivity index (χ1) is 16.9. The molecule has 3 aromatic rings. The maximum Gasteiger partial charge on any atom is 0.243 e. The molecule has 0 bridgehead atoms. The standard InChI is InChI=1S/C29H32Cl2N2O2/c1-3-21(2)32-29(35)27(19-22-11-5-4-6-12-22)33(20-24-14-8-10-16-26(24)31)28(34)18-17-23-13-7-9-15-25(23)30/h4-16,21,27H,3,17-20H2,1-2H3,(H,32,35). The maximum atomic E-state index is 13.7. The maximum absolute atomic E-state index is 13.7. The molecule has 2 atom stereocenters. The Morgan fingerprint density at radius 2 is 1.43 bits per heavy atom. The first-order valence-electron chi connectivity index (χ1n) is 12.0. The van der Waals surface area contributed by atoms with Crippen LogP contribution in [0, 0.1) is 0 Å². The molecule has 0 aromatic heterocycles. The van der Waals surface area contributed by atoms with Gasteiger partial charge in [-0.2, -0.15) is 0 Å². The van der Waals surface area contributed by atoms with Crippen molar-refractivity contribution in [2.24, 2.45) is 0 Å². The highest BCUT2D eigenvalue weighted by molar-refractivity contribution is 6.31. The number of carbonyl (C=O) groups excluding carboxylic acids is 2. The Kier molecular flexibility index (Phi) is 10.2. The zero-order valence-electron chi connectivity index (χ0n) is 20.2. The van der Waals surface area contributed by atoms with E-state index in [-0.39, 0.29) is 30.8 Å². The monoisotopic (exact) mass is 510 g/mol. The van der Waals surface area contributed by atoms with Crippen LogP contribution in [0.3, 0.4) is 0 Å². The van der Waals surface area contributed by atoms with Crippen molar-refractivity contribution >= 4 is 35.0 Å². The van der Waals surface area contributed by atoms with Gasteiger partial charge in [-0.1, -0.05) is 96.9 Å². The predicted octanol–water partition coefficient (Wildman–Crippen LogP) is 6.48. The molecule has 1 N–H and O–H groups in total. The van der Waals surface area contributed by atoms with E-state index in [2.05, 4.69) is 5.32 Å². The van der Waals surface area contributed by atoms with Gasteiger partial charge in [-0.3, -0.25) is 9.59 Å². The molecular formula is C29H32Cl2N2O2. The summed E-state index contributed by atoms with van der Waals surface area (Å²) in [6, 6.07) is 24.0. The summed E-state index contributed by atoms with van der Waals surface area (Å²) in [6.45, 7) is 4.23. The average Bonchev–Trinajstić information content (AvgIpc) is 2.87. The van der Waals surface area contributed by atoms with Crippen molar-refractivity contribution in [3.8, 4) is 0 Å². The molecule has 2 amide bonds. The molecule has 6 heteroatoms. The van der Waals surface area contributed by atoms with Gasteiger partial charge in [0, 0.05) is 35.5 Å². The average molecular weight is 511 g/mol. The number of halogens is 2. The van der Waals surface area contributed by atoms with E-state index in [1.807, 2.05) is 86.6 Å². The van der Waals surface area contributed by atoms with Gasteiger partial charge in [-0.25, -0.2) is 0 Å². The van der Waals surface area contributed by atoms with Gasteiger partial charge in [0.2, 0.25) is 11.8 Å². The number of hydrogen-bond donors (Lipinski definition) is 1. The molecule has 0 saturated heterocycles. The molecule has 0 saturated carbocycles. The van der Waals surface area contributed by atoms with Crippen molar-refractivity contribution in [2.45, 2.75) is 58.2 Å². The third-order valence-corrected chi connectivity index (χ3v) is 6.87. The lowest BCUT2D eigenvalue weighted by Gasteiger charge is -2.32. The summed E-state index contributed by atoms with van der Waals surface area (Å²) in [7, 11) is 0. The quantitative estimate of drug-likeness (QED) is 0.320. The van der Waals surface area contributed by atoms with Crippen LogP contribution in [-0.2, 0) is 29.0 Å². The molecule has 0 radical (unpaired) electrons. The summed E-state index contributed by atoms with van der Waals surface area (Å²) in [4.78, 5) is 28.9. The Labute approximate surface area is 218 Å². The van der Waals surface area contributed by atoms with E-state index in [9.17, 15) is 9.59 Å². The fourth-order valence-electron chi connectivity index (χ4n) is 3.89. The van der Waals surface area contributed by atoms with Crippen LogP contribution in [0.1, 0.15) is 43.4 Å². The minimum atomic E-state index is -0.679. The van der Waals surface area contributed by atoms with Gasteiger partial charge in [0.1, 0.15) is 6.04 Å². The normalized spacial score (nSPS) is 12.6. The number of aryl methyl sites for hydroxylation is 1. The van der Waals surface area contributed by atoms with E-state index in [1.165, 1.54) is 0 Å². The summed E-state index contributed by atoms with van der Waals surface area (Å²) in [5.74, 6) is -0.286. The van der Waals surface area contributed by atoms with Crippen LogP contribution in [0.2, 0.25) is 10.0 Å². The topological polar surface area (TPSA) is 49.4 Å². The lowest BCUT2D eigenvalue weighted by molar-refractivity contribution is -0.141. The zero-order valence-corrected chi connectivity index (χ0v) is 21.7. The van der Waals surface area contributed by atoms with Gasteiger partial charge in [0.15, 0.2) is 0 Å². The van der Waals surface area contributed by atoms with Crippen molar-refractivity contribution in [3.05, 3.63) is 106 Å². The number of nitrogens with one attached hydrogen (secondary N) is 1. The van der Waals surface area contributed by atoms with Crippen LogP contribution in [0.4, 0.5) is 0 Å². The van der Waals surface area contributed by atoms with Crippen LogP contribution in [0.25, 0.3) is 0 Å². The largest absolute Gasteiger partial charge is 0.352 e. The van der Waals surface area contributed by atoms with E-state index in [1.54, 1.807) is 11.0 Å². The molecule has 0 aliphatic rings. The van der Waals surface area contributed by atoms with E-state index in [4.69, 9.17) is 23.2 Å². The molecule has 0 spiro atoms. The first kappa shape index (κ1) is 26.8. The minimum Gasteiger partial charge on any atom is -0.352 e. The van der Waals surface area contributed by atoms with Crippen molar-refractivity contribution in [1.82, 2.24) is 10.2 Å². The van der Waals surface area contributed by atoms with Gasteiger partial charge in [-0.15, -0.1) is 0 Å². The van der Waals surface area contributed by atoms with E-state index >= 15 is 0 Å². The number of benzene rings is 3. The number of nitrogens with zero attached hydrogens (tertiary/aromatic N) is 1. The summed E-state index contributed by atoms with van der Waals surface area (Å²) in [6.07, 6.45) is 1.93. The van der Waals surface area contributed by atoms with Crippen molar-refractivity contribution in [3.63, 3.8) is 0 Å². The molecule has 0 aliphatic heterocycles. The Hall–Kier alpha value is -2.82. The van der Waals surface area contributed by atoms with Crippen LogP contribution >= 0.6 is 23.2 Å². The summed E-state index contributed by atoms with van der Waals surface area (Å²) in [5.41, 5.74) is 2.69. The molecule has 184 valence electrons. The third kappa shape index (κ3) is 7.84. The second-order valence-electron chi connectivity index (χ2n) is 8.73. The third-order valence-electron chi connectivity index (χ3n) is 6.14. The van der Waals surface area contributed by atoms with Gasteiger partial charge < -0.3 is 10.2 Å². The molecule has 2 unspecified atom stereocenters. The number of amides is 2. The van der Waals surface area contributed by atoms with Gasteiger partial charge in [0.05, 0.1) is 0 Å². The number of hydrogen-bond acceptors (Lipinski definition) is 2. The van der Waals surface area contributed by atoms with Crippen molar-refractivity contribution in [1.29, 1.82) is 0 Å². The second kappa shape index (κ2) is 13.3. The van der Waals surface area contributed by atoms with Crippen LogP contribution in [-0.4, -0.2) is 28.8 Å². The van der Waals surface area contributed by atoms with Crippen LogP contribution in [0.15, 0.2) is 78.9 Å². The van der Waals surface area contributed by atoms with Gasteiger partial charge in [-0.05, 0) is 48.6 Å². The Morgan fingerprint density at radius 3 is 2.03 bits per heavy atom. The molecular weight excluding hydrogens is 479 g/mol. The van der Waals surface area contributed by atoms with E-state index < -0.39 is 6.04 Å². The molecule has 0 aliphatic carbocycles. The molecule has 35 heavy (non-hydrogen) atoms.